The predicted octanol–water partition coefficient (Wildman–Crippen LogP) is 2.95. The first-order chi connectivity index (χ1) is 13.1. The van der Waals surface area contributed by atoms with Crippen molar-refractivity contribution in [1.29, 1.82) is 0 Å². The van der Waals surface area contributed by atoms with Crippen molar-refractivity contribution in [2.45, 2.75) is 26.4 Å². The van der Waals surface area contributed by atoms with E-state index in [4.69, 9.17) is 9.47 Å². The third kappa shape index (κ3) is 7.03. The van der Waals surface area contributed by atoms with Crippen LogP contribution in [0.15, 0.2) is 48.5 Å². The molecule has 0 aliphatic heterocycles. The first kappa shape index (κ1) is 21.4. The number of anilines is 1. The molecule has 0 spiro atoms. The summed E-state index contributed by atoms with van der Waals surface area (Å²) in [7, 11) is -3.39. The van der Waals surface area contributed by atoms with Gasteiger partial charge in [-0.05, 0) is 55.8 Å². The smallest absolute Gasteiger partial charge is 0.309 e. The Morgan fingerprint density at radius 2 is 1.79 bits per heavy atom. The Morgan fingerprint density at radius 3 is 2.39 bits per heavy atom. The molecule has 2 aromatic carbocycles. The predicted molar refractivity (Wildman–Crippen MR) is 106 cm³/mol. The van der Waals surface area contributed by atoms with Gasteiger partial charge in [0.15, 0.2) is 6.10 Å². The van der Waals surface area contributed by atoms with E-state index in [9.17, 15) is 18.0 Å². The van der Waals surface area contributed by atoms with Crippen LogP contribution in [0.2, 0.25) is 0 Å². The quantitative estimate of drug-likeness (QED) is 0.509. The van der Waals surface area contributed by atoms with E-state index in [0.29, 0.717) is 17.0 Å². The number of sulfonamides is 1. The molecule has 1 N–H and O–H groups in total. The minimum Gasteiger partial charge on any atom is -0.493 e. The number of rotatable bonds is 9. The third-order valence-corrected chi connectivity index (χ3v) is 4.32. The van der Waals surface area contributed by atoms with E-state index < -0.39 is 22.1 Å². The zero-order valence-electron chi connectivity index (χ0n) is 16.0. The average Bonchev–Trinajstić information content (AvgIpc) is 2.60. The topological polar surface area (TPSA) is 98.8 Å². The van der Waals surface area contributed by atoms with Gasteiger partial charge in [-0.15, -0.1) is 0 Å². The molecule has 7 nitrogen and oxygen atoms in total. The Bertz CT molecular complexity index is 937. The summed E-state index contributed by atoms with van der Waals surface area (Å²) >= 11 is 0. The van der Waals surface area contributed by atoms with Crippen molar-refractivity contribution in [2.24, 2.45) is 0 Å². The van der Waals surface area contributed by atoms with Crippen LogP contribution in [-0.4, -0.2) is 39.1 Å². The summed E-state index contributed by atoms with van der Waals surface area (Å²) < 4.78 is 35.4. The summed E-state index contributed by atoms with van der Waals surface area (Å²) in [5, 5.41) is 0. The molecule has 1 atom stereocenters. The lowest BCUT2D eigenvalue weighted by Gasteiger charge is -2.13. The number of carbonyl (C=O) groups excluding carboxylic acids is 2. The first-order valence-electron chi connectivity index (χ1n) is 8.65. The average molecular weight is 405 g/mol. The highest BCUT2D eigenvalue weighted by atomic mass is 32.2. The molecule has 8 heteroatoms. The Labute approximate surface area is 164 Å². The number of hydrogen-bond donors (Lipinski definition) is 1. The van der Waals surface area contributed by atoms with Crippen molar-refractivity contribution >= 4 is 27.5 Å². The minimum atomic E-state index is -3.39. The molecule has 0 radical (unpaired) electrons. The molecule has 0 aliphatic carbocycles. The van der Waals surface area contributed by atoms with Gasteiger partial charge in [0.1, 0.15) is 5.75 Å². The zero-order chi connectivity index (χ0) is 20.7. The van der Waals surface area contributed by atoms with Crippen LogP contribution in [0.1, 0.15) is 29.3 Å². The highest BCUT2D eigenvalue weighted by Crippen LogP contribution is 2.15. The maximum atomic E-state index is 12.4. The number of ether oxygens (including phenoxy) is 2. The van der Waals surface area contributed by atoms with Gasteiger partial charge in [-0.3, -0.25) is 14.3 Å². The Kier molecular flexibility index (Phi) is 7.17. The van der Waals surface area contributed by atoms with Gasteiger partial charge in [0, 0.05) is 11.3 Å². The summed E-state index contributed by atoms with van der Waals surface area (Å²) in [5.41, 5.74) is 1.71. The fourth-order valence-corrected chi connectivity index (χ4v) is 2.98. The second-order valence-corrected chi connectivity index (χ2v) is 8.11. The summed E-state index contributed by atoms with van der Waals surface area (Å²) in [6, 6.07) is 13.4. The maximum Gasteiger partial charge on any atom is 0.309 e. The number of hydrogen-bond acceptors (Lipinski definition) is 6. The normalized spacial score (nSPS) is 12.1. The second kappa shape index (κ2) is 9.36. The maximum absolute atomic E-state index is 12.4. The van der Waals surface area contributed by atoms with Gasteiger partial charge in [0.25, 0.3) is 0 Å². The van der Waals surface area contributed by atoms with E-state index in [1.165, 1.54) is 31.2 Å². The number of esters is 1. The van der Waals surface area contributed by atoms with Crippen molar-refractivity contribution in [3.63, 3.8) is 0 Å². The number of aryl methyl sites for hydroxylation is 1. The molecule has 0 aliphatic rings. The van der Waals surface area contributed by atoms with Crippen LogP contribution >= 0.6 is 0 Å². The van der Waals surface area contributed by atoms with E-state index in [2.05, 4.69) is 4.72 Å². The summed E-state index contributed by atoms with van der Waals surface area (Å²) in [6.07, 6.45) is 0.0964. The standard InChI is InChI=1S/C20H23NO6S/c1-14-5-4-6-18(13-14)26-12-11-19(22)27-15(2)20(23)16-7-9-17(10-8-16)21-28(3,24)25/h4-10,13,15,21H,11-12H2,1-3H3/t15-/m1/s1. The number of benzene rings is 2. The van der Waals surface area contributed by atoms with E-state index in [1.54, 1.807) is 6.07 Å². The van der Waals surface area contributed by atoms with Gasteiger partial charge in [0.05, 0.1) is 19.3 Å². The third-order valence-electron chi connectivity index (χ3n) is 3.71. The summed E-state index contributed by atoms with van der Waals surface area (Å²) in [4.78, 5) is 24.3. The lowest BCUT2D eigenvalue weighted by Crippen LogP contribution is -2.25. The van der Waals surface area contributed by atoms with Crippen molar-refractivity contribution in [1.82, 2.24) is 0 Å². The van der Waals surface area contributed by atoms with Crippen LogP contribution in [0.5, 0.6) is 5.75 Å². The molecule has 28 heavy (non-hydrogen) atoms. The zero-order valence-corrected chi connectivity index (χ0v) is 16.8. The van der Waals surface area contributed by atoms with Crippen LogP contribution < -0.4 is 9.46 Å². The van der Waals surface area contributed by atoms with E-state index in [1.807, 2.05) is 25.1 Å². The minimum absolute atomic E-state index is 0.0166. The fraction of sp³-hybridized carbons (Fsp3) is 0.300. The fourth-order valence-electron chi connectivity index (χ4n) is 2.42. The highest BCUT2D eigenvalue weighted by molar-refractivity contribution is 7.92. The number of nitrogens with one attached hydrogen (secondary N) is 1. The SMILES string of the molecule is Cc1cccc(OCCC(=O)O[C@H](C)C(=O)c2ccc(NS(C)(=O)=O)cc2)c1. The van der Waals surface area contributed by atoms with Crippen LogP contribution in [-0.2, 0) is 19.6 Å². The molecule has 0 amide bonds. The molecule has 2 rings (SSSR count). The molecule has 0 fully saturated rings. The lowest BCUT2D eigenvalue weighted by molar-refractivity contribution is -0.146. The summed E-state index contributed by atoms with van der Waals surface area (Å²) in [5.74, 6) is -0.248. The molecule has 0 saturated carbocycles. The van der Waals surface area contributed by atoms with Crippen LogP contribution in [0.3, 0.4) is 0 Å². The lowest BCUT2D eigenvalue weighted by atomic mass is 10.1. The van der Waals surface area contributed by atoms with Crippen LogP contribution in [0.25, 0.3) is 0 Å². The Balaban J connectivity index is 1.83. The molecule has 2 aromatic rings. The first-order valence-corrected chi connectivity index (χ1v) is 10.5. The second-order valence-electron chi connectivity index (χ2n) is 6.36. The molecule has 0 saturated heterocycles. The largest absolute Gasteiger partial charge is 0.493 e. The molecule has 0 heterocycles. The van der Waals surface area contributed by atoms with Gasteiger partial charge in [-0.2, -0.15) is 0 Å². The highest BCUT2D eigenvalue weighted by Gasteiger charge is 2.19. The van der Waals surface area contributed by atoms with E-state index in [-0.39, 0.29) is 18.8 Å². The van der Waals surface area contributed by atoms with E-state index >= 15 is 0 Å². The van der Waals surface area contributed by atoms with Gasteiger partial charge in [0.2, 0.25) is 15.8 Å². The van der Waals surface area contributed by atoms with Crippen molar-refractivity contribution in [3.05, 3.63) is 59.7 Å². The van der Waals surface area contributed by atoms with Crippen LogP contribution in [0, 0.1) is 6.92 Å². The molecular weight excluding hydrogens is 382 g/mol. The van der Waals surface area contributed by atoms with Crippen molar-refractivity contribution in [2.75, 3.05) is 17.6 Å². The van der Waals surface area contributed by atoms with Gasteiger partial charge >= 0.3 is 5.97 Å². The monoisotopic (exact) mass is 405 g/mol. The van der Waals surface area contributed by atoms with Gasteiger partial charge in [-0.1, -0.05) is 12.1 Å². The number of Topliss-reactive ketones (excluding diaryl/α,β-unsaturated/α-hetero) is 1. The Hall–Kier alpha value is -2.87. The molecule has 0 aromatic heterocycles. The van der Waals surface area contributed by atoms with E-state index in [0.717, 1.165) is 11.8 Å². The summed E-state index contributed by atoms with van der Waals surface area (Å²) in [6.45, 7) is 3.58. The van der Waals surface area contributed by atoms with Gasteiger partial charge < -0.3 is 9.47 Å². The van der Waals surface area contributed by atoms with Crippen LogP contribution in [0.4, 0.5) is 5.69 Å². The molecule has 0 bridgehead atoms. The van der Waals surface area contributed by atoms with Crippen molar-refractivity contribution < 1.29 is 27.5 Å². The Morgan fingerprint density at radius 1 is 1.11 bits per heavy atom. The molecule has 0 unspecified atom stereocenters. The van der Waals surface area contributed by atoms with Crippen molar-refractivity contribution in [3.8, 4) is 5.75 Å². The number of ketones is 1. The number of carbonyl (C=O) groups is 2. The van der Waals surface area contributed by atoms with Gasteiger partial charge in [-0.25, -0.2) is 8.42 Å². The molecular formula is C20H23NO6S. The molecule has 150 valence electrons.